The molecule has 1 aromatic rings. The van der Waals surface area contributed by atoms with Gasteiger partial charge in [0.1, 0.15) is 11.5 Å². The van der Waals surface area contributed by atoms with Crippen LogP contribution in [0.15, 0.2) is 0 Å². The molecule has 0 saturated carbocycles. The Morgan fingerprint density at radius 2 is 1.94 bits per heavy atom. The molecule has 2 rings (SSSR count). The molecule has 1 unspecified atom stereocenters. The van der Waals surface area contributed by atoms with Crippen molar-refractivity contribution in [2.45, 2.75) is 18.6 Å². The summed E-state index contributed by atoms with van der Waals surface area (Å²) in [7, 11) is 0. The number of thiol groups is 1. The first-order chi connectivity index (χ1) is 7.49. The second-order valence-corrected chi connectivity index (χ2v) is 5.01. The highest BCUT2D eigenvalue weighted by atomic mass is 35.5. The van der Waals surface area contributed by atoms with Crippen LogP contribution in [0.5, 0.6) is 0 Å². The molecule has 0 aliphatic carbocycles. The van der Waals surface area contributed by atoms with Gasteiger partial charge in [-0.2, -0.15) is 12.6 Å². The van der Waals surface area contributed by atoms with Crippen LogP contribution in [0, 0.1) is 6.92 Å². The molecule has 86 valence electrons. The highest BCUT2D eigenvalue weighted by Gasteiger charge is 2.32. The number of anilines is 1. The molecular formula is C9H9Cl2N3OS. The van der Waals surface area contributed by atoms with Gasteiger partial charge in [-0.15, -0.1) is 0 Å². The van der Waals surface area contributed by atoms with E-state index in [1.54, 1.807) is 6.92 Å². The average Bonchev–Trinajstić information content (AvgIpc) is 2.43. The van der Waals surface area contributed by atoms with Gasteiger partial charge in [-0.05, 0) is 6.92 Å². The summed E-state index contributed by atoms with van der Waals surface area (Å²) in [5, 5.41) is 0.405. The summed E-state index contributed by atoms with van der Waals surface area (Å²) in [5.74, 6) is 0.420. The van der Waals surface area contributed by atoms with Crippen molar-refractivity contribution in [1.29, 1.82) is 0 Å². The van der Waals surface area contributed by atoms with Crippen molar-refractivity contribution in [3.63, 3.8) is 0 Å². The Bertz CT molecular complexity index is 431. The zero-order valence-corrected chi connectivity index (χ0v) is 10.9. The van der Waals surface area contributed by atoms with E-state index in [4.69, 9.17) is 23.2 Å². The number of hydrogen-bond donors (Lipinski definition) is 1. The maximum Gasteiger partial charge on any atom is 0.228 e. The molecule has 1 saturated heterocycles. The Kier molecular flexibility index (Phi) is 3.28. The monoisotopic (exact) mass is 277 g/mol. The highest BCUT2D eigenvalue weighted by molar-refractivity contribution is 7.81. The van der Waals surface area contributed by atoms with Gasteiger partial charge in [0.2, 0.25) is 5.91 Å². The molecule has 1 fully saturated rings. The maximum absolute atomic E-state index is 11.7. The average molecular weight is 278 g/mol. The van der Waals surface area contributed by atoms with Crippen LogP contribution < -0.4 is 4.90 Å². The molecule has 7 heteroatoms. The van der Waals surface area contributed by atoms with E-state index in [1.807, 2.05) is 0 Å². The molecule has 0 radical (unpaired) electrons. The number of carbonyl (C=O) groups is 1. The third kappa shape index (κ3) is 2.12. The molecule has 1 atom stereocenters. The van der Waals surface area contributed by atoms with E-state index in [0.29, 0.717) is 24.5 Å². The van der Waals surface area contributed by atoms with E-state index in [-0.39, 0.29) is 21.5 Å². The summed E-state index contributed by atoms with van der Waals surface area (Å²) < 4.78 is 0. The van der Waals surface area contributed by atoms with Gasteiger partial charge in [0.05, 0.1) is 0 Å². The third-order valence-corrected chi connectivity index (χ3v) is 3.16. The quantitative estimate of drug-likeness (QED) is 0.632. The van der Waals surface area contributed by atoms with E-state index in [9.17, 15) is 4.79 Å². The topological polar surface area (TPSA) is 46.1 Å². The molecule has 16 heavy (non-hydrogen) atoms. The van der Waals surface area contributed by atoms with Crippen LogP contribution in [0.2, 0.25) is 10.3 Å². The minimum atomic E-state index is -0.0590. The standard InChI is InChI=1S/C9H9Cl2N3OS/c1-4-12-8(10)7(9(11)13-4)14-3-5(16)2-6(14)15/h5,16H,2-3H2,1H3. The van der Waals surface area contributed by atoms with Crippen molar-refractivity contribution in [1.82, 2.24) is 9.97 Å². The summed E-state index contributed by atoms with van der Waals surface area (Å²) in [6.07, 6.45) is 0.379. The number of hydrogen-bond acceptors (Lipinski definition) is 4. The van der Waals surface area contributed by atoms with Crippen LogP contribution in [-0.4, -0.2) is 27.7 Å². The van der Waals surface area contributed by atoms with Gasteiger partial charge in [0.25, 0.3) is 0 Å². The molecule has 4 nitrogen and oxygen atoms in total. The molecule has 0 aromatic carbocycles. The summed E-state index contributed by atoms with van der Waals surface area (Å²) in [6, 6.07) is 0. The Hall–Kier alpha value is -0.520. The number of rotatable bonds is 1. The van der Waals surface area contributed by atoms with Crippen LogP contribution in [0.1, 0.15) is 12.2 Å². The van der Waals surface area contributed by atoms with Crippen LogP contribution in [0.3, 0.4) is 0 Å². The maximum atomic E-state index is 11.7. The van der Waals surface area contributed by atoms with Gasteiger partial charge >= 0.3 is 0 Å². The lowest BCUT2D eigenvalue weighted by Crippen LogP contribution is -2.26. The van der Waals surface area contributed by atoms with Crippen molar-refractivity contribution in [2.24, 2.45) is 0 Å². The van der Waals surface area contributed by atoms with Crippen molar-refractivity contribution >= 4 is 47.4 Å². The summed E-state index contributed by atoms with van der Waals surface area (Å²) in [6.45, 7) is 2.17. The lowest BCUT2D eigenvalue weighted by atomic mass is 10.4. The number of aromatic nitrogens is 2. The third-order valence-electron chi connectivity index (χ3n) is 2.29. The summed E-state index contributed by atoms with van der Waals surface area (Å²) >= 11 is 16.2. The molecule has 0 N–H and O–H groups in total. The Balaban J connectivity index is 2.44. The predicted octanol–water partition coefficient (Wildman–Crippen LogP) is 2.13. The van der Waals surface area contributed by atoms with E-state index in [2.05, 4.69) is 22.6 Å². The van der Waals surface area contributed by atoms with Crippen LogP contribution in [0.4, 0.5) is 5.69 Å². The number of amides is 1. The SMILES string of the molecule is Cc1nc(Cl)c(N2CC(S)CC2=O)c(Cl)n1. The Morgan fingerprint density at radius 1 is 1.38 bits per heavy atom. The molecule has 1 amide bonds. The fourth-order valence-electron chi connectivity index (χ4n) is 1.63. The molecular weight excluding hydrogens is 269 g/mol. The Labute approximate surface area is 108 Å². The Morgan fingerprint density at radius 3 is 2.38 bits per heavy atom. The zero-order valence-electron chi connectivity index (χ0n) is 8.44. The van der Waals surface area contributed by atoms with Gasteiger partial charge in [-0.1, -0.05) is 23.2 Å². The van der Waals surface area contributed by atoms with Crippen LogP contribution in [-0.2, 0) is 4.79 Å². The molecule has 1 aliphatic heterocycles. The number of nitrogens with zero attached hydrogens (tertiary/aromatic N) is 3. The minimum Gasteiger partial charge on any atom is -0.306 e. The van der Waals surface area contributed by atoms with E-state index in [1.165, 1.54) is 4.90 Å². The van der Waals surface area contributed by atoms with Gasteiger partial charge in [0, 0.05) is 18.2 Å². The number of carbonyl (C=O) groups excluding carboxylic acids is 1. The van der Waals surface area contributed by atoms with Crippen molar-refractivity contribution in [3.05, 3.63) is 16.1 Å². The zero-order chi connectivity index (χ0) is 11.9. The summed E-state index contributed by atoms with van der Waals surface area (Å²) in [4.78, 5) is 21.1. The number of aryl methyl sites for hydroxylation is 1. The fourth-order valence-corrected chi connectivity index (χ4v) is 2.62. The van der Waals surface area contributed by atoms with Crippen LogP contribution >= 0.6 is 35.8 Å². The first-order valence-corrected chi connectivity index (χ1v) is 5.94. The first-order valence-electron chi connectivity index (χ1n) is 4.67. The molecule has 1 aromatic heterocycles. The van der Waals surface area contributed by atoms with Gasteiger partial charge in [-0.25, -0.2) is 9.97 Å². The first kappa shape index (κ1) is 12.0. The van der Waals surface area contributed by atoms with E-state index >= 15 is 0 Å². The van der Waals surface area contributed by atoms with Crippen LogP contribution in [0.25, 0.3) is 0 Å². The normalized spacial score (nSPS) is 20.6. The lowest BCUT2D eigenvalue weighted by molar-refractivity contribution is -0.117. The van der Waals surface area contributed by atoms with Gasteiger partial charge in [-0.3, -0.25) is 4.79 Å². The summed E-state index contributed by atoms with van der Waals surface area (Å²) in [5.41, 5.74) is 0.385. The molecule has 0 bridgehead atoms. The largest absolute Gasteiger partial charge is 0.306 e. The van der Waals surface area contributed by atoms with E-state index in [0.717, 1.165) is 0 Å². The van der Waals surface area contributed by atoms with Gasteiger partial charge in [0.15, 0.2) is 10.3 Å². The number of halogens is 2. The smallest absolute Gasteiger partial charge is 0.228 e. The second-order valence-electron chi connectivity index (χ2n) is 3.56. The van der Waals surface area contributed by atoms with Gasteiger partial charge < -0.3 is 4.90 Å². The lowest BCUT2D eigenvalue weighted by Gasteiger charge is -2.17. The van der Waals surface area contributed by atoms with Crippen molar-refractivity contribution < 1.29 is 4.79 Å². The van der Waals surface area contributed by atoms with E-state index < -0.39 is 0 Å². The highest BCUT2D eigenvalue weighted by Crippen LogP contribution is 2.34. The molecule has 0 spiro atoms. The predicted molar refractivity (Wildman–Crippen MR) is 66.5 cm³/mol. The van der Waals surface area contributed by atoms with Crippen molar-refractivity contribution in [2.75, 3.05) is 11.4 Å². The second kappa shape index (κ2) is 4.39. The minimum absolute atomic E-state index is 0.000867. The van der Waals surface area contributed by atoms with Crippen molar-refractivity contribution in [3.8, 4) is 0 Å². The fraction of sp³-hybridized carbons (Fsp3) is 0.444. The molecule has 2 heterocycles. The molecule has 1 aliphatic rings.